The maximum Gasteiger partial charge on any atom is 0.164 e. The number of aliphatic hydroxyl groups is 1. The van der Waals surface area contributed by atoms with Gasteiger partial charge in [-0.15, -0.1) is 47.6 Å². The molecule has 0 aliphatic heterocycles. The Morgan fingerprint density at radius 2 is 1.57 bits per heavy atom. The van der Waals surface area contributed by atoms with Crippen LogP contribution in [-0.4, -0.2) is 15.9 Å². The number of hydrogen-bond donors (Lipinski definition) is 2. The van der Waals surface area contributed by atoms with Crippen LogP contribution in [-0.2, 0) is 30.3 Å². The number of aromatic nitrogens is 1. The van der Waals surface area contributed by atoms with E-state index in [1.165, 1.54) is 42.4 Å². The van der Waals surface area contributed by atoms with Gasteiger partial charge in [-0.3, -0.25) is 9.78 Å². The molecular formula is C42H52IrNO2S3-. The molecule has 7 heteroatoms. The van der Waals surface area contributed by atoms with E-state index in [1.807, 2.05) is 59.1 Å². The summed E-state index contributed by atoms with van der Waals surface area (Å²) in [6, 6.07) is 16.8. The minimum Gasteiger partial charge on any atom is -0.512 e. The summed E-state index contributed by atoms with van der Waals surface area (Å²) in [5.74, 6) is 0.286. The zero-order valence-corrected chi connectivity index (χ0v) is 35.8. The third-order valence-electron chi connectivity index (χ3n) is 10.5. The molecule has 3 aromatic heterocycles. The summed E-state index contributed by atoms with van der Waals surface area (Å²) < 4.78 is 2.64. The first-order chi connectivity index (χ1) is 22.5. The van der Waals surface area contributed by atoms with Crippen LogP contribution in [0.3, 0.4) is 0 Å². The van der Waals surface area contributed by atoms with Crippen molar-refractivity contribution in [3.63, 3.8) is 0 Å². The number of thiol groups is 1. The van der Waals surface area contributed by atoms with Crippen LogP contribution in [0.5, 0.6) is 0 Å². The van der Waals surface area contributed by atoms with Crippen LogP contribution >= 0.6 is 35.3 Å². The topological polar surface area (TPSA) is 50.2 Å². The zero-order valence-electron chi connectivity index (χ0n) is 30.9. The second-order valence-corrected chi connectivity index (χ2v) is 17.1. The Morgan fingerprint density at radius 1 is 0.939 bits per heavy atom. The minimum absolute atomic E-state index is 0. The number of nitrogens with zero attached hydrogens (tertiary/aromatic N) is 1. The first-order valence-electron chi connectivity index (χ1n) is 17.1. The maximum absolute atomic E-state index is 12.2. The Kier molecular flexibility index (Phi) is 13.8. The van der Waals surface area contributed by atoms with Crippen molar-refractivity contribution in [3.05, 3.63) is 81.9 Å². The number of fused-ring (bicyclic) bond motifs is 2. The number of aryl methyl sites for hydroxylation is 2. The van der Waals surface area contributed by atoms with Gasteiger partial charge in [-0.1, -0.05) is 79.5 Å². The number of carbonyl (C=O) groups excluding carboxylic acids is 1. The molecule has 3 nitrogen and oxygen atoms in total. The van der Waals surface area contributed by atoms with Crippen LogP contribution in [0.25, 0.3) is 42.6 Å². The molecule has 1 N–H and O–H groups in total. The standard InChI is InChI=1S/C27H24NS3.C15H28O2.Ir/c1-15-16(2)31-23-7-6-17(13-21(15)23)20-8-10-28-24(25(20)29)19-12-18-9-11-30-26(18)22(14-19)27(3,4)5;1-7-14(5,8-2)12(16)11-13(17)15(6,9-3)10-4;/h6-11,13-14,29H,1-5H3;11,16H,7-10H2,1-6H3;/q-1;;/b;12-11-;. The minimum atomic E-state index is -0.337. The summed E-state index contributed by atoms with van der Waals surface area (Å²) in [7, 11) is 0. The Hall–Kier alpha value is -2.28. The number of benzene rings is 2. The molecule has 0 unspecified atom stereocenters. The predicted octanol–water partition coefficient (Wildman–Crippen LogP) is 13.5. The van der Waals surface area contributed by atoms with Gasteiger partial charge in [0.15, 0.2) is 5.78 Å². The fourth-order valence-electron chi connectivity index (χ4n) is 5.77. The van der Waals surface area contributed by atoms with E-state index < -0.39 is 0 Å². The average Bonchev–Trinajstić information content (AvgIpc) is 3.66. The zero-order chi connectivity index (χ0) is 35.6. The number of ketones is 1. The SMILES string of the molecule is CCC(C)(CC)C(=O)/C=C(\O)C(C)(CC)CC.Cc1sc2ccc(-c3ccnc(-c4[c-]c5ccsc5c(C(C)(C)C)c4)c3S)cc2c1C.[Ir]. The van der Waals surface area contributed by atoms with Gasteiger partial charge in [0, 0.05) is 63.4 Å². The van der Waals surface area contributed by atoms with Gasteiger partial charge in [-0.2, -0.15) is 11.3 Å². The third-order valence-corrected chi connectivity index (χ3v) is 13.1. The molecule has 0 amide bonds. The molecule has 1 radical (unpaired) electrons. The molecular weight excluding hydrogens is 839 g/mol. The summed E-state index contributed by atoms with van der Waals surface area (Å²) >= 11 is 8.61. The smallest absolute Gasteiger partial charge is 0.164 e. The van der Waals surface area contributed by atoms with Crippen molar-refractivity contribution >= 4 is 61.3 Å². The number of thiophene rings is 2. The normalized spacial score (nSPS) is 12.5. The molecule has 265 valence electrons. The van der Waals surface area contributed by atoms with E-state index in [0.29, 0.717) is 0 Å². The molecule has 3 heterocycles. The summed E-state index contributed by atoms with van der Waals surface area (Å²) in [6.45, 7) is 23.3. The fraction of sp³-hybridized carbons (Fsp3) is 0.429. The van der Waals surface area contributed by atoms with Crippen molar-refractivity contribution in [1.29, 1.82) is 0 Å². The van der Waals surface area contributed by atoms with Crippen LogP contribution in [0.15, 0.2) is 64.7 Å². The van der Waals surface area contributed by atoms with E-state index in [9.17, 15) is 9.90 Å². The van der Waals surface area contributed by atoms with Gasteiger partial charge in [0.25, 0.3) is 0 Å². The number of aliphatic hydroxyl groups excluding tert-OH is 1. The van der Waals surface area contributed by atoms with E-state index >= 15 is 0 Å². The van der Waals surface area contributed by atoms with Crippen LogP contribution in [0.1, 0.15) is 104 Å². The molecule has 0 bridgehead atoms. The van der Waals surface area contributed by atoms with Crippen molar-refractivity contribution in [3.8, 4) is 22.4 Å². The summed E-state index contributed by atoms with van der Waals surface area (Å²) in [5, 5.41) is 14.8. The third kappa shape index (κ3) is 8.61. The van der Waals surface area contributed by atoms with E-state index in [-0.39, 0.29) is 47.9 Å². The van der Waals surface area contributed by atoms with E-state index in [4.69, 9.17) is 17.6 Å². The Balaban J connectivity index is 0.000000312. The first-order valence-corrected chi connectivity index (χ1v) is 19.3. The van der Waals surface area contributed by atoms with Gasteiger partial charge >= 0.3 is 0 Å². The van der Waals surface area contributed by atoms with Gasteiger partial charge in [0.05, 0.1) is 0 Å². The van der Waals surface area contributed by atoms with Gasteiger partial charge in [-0.05, 0) is 95.3 Å². The summed E-state index contributed by atoms with van der Waals surface area (Å²) in [6.07, 6.45) is 6.65. The molecule has 0 saturated carbocycles. The van der Waals surface area contributed by atoms with Crippen molar-refractivity contribution < 1.29 is 30.0 Å². The van der Waals surface area contributed by atoms with Crippen molar-refractivity contribution in [1.82, 2.24) is 4.98 Å². The molecule has 5 rings (SSSR count). The molecule has 0 spiro atoms. The first kappa shape index (κ1) is 41.1. The van der Waals surface area contributed by atoms with Crippen molar-refractivity contribution in [2.45, 2.75) is 112 Å². The largest absolute Gasteiger partial charge is 0.512 e. The number of carbonyl (C=O) groups is 1. The number of allylic oxidation sites excluding steroid dienone is 2. The van der Waals surface area contributed by atoms with E-state index in [2.05, 4.69) is 82.5 Å². The number of rotatable bonds is 9. The molecule has 5 aromatic rings. The predicted molar refractivity (Wildman–Crippen MR) is 213 cm³/mol. The summed E-state index contributed by atoms with van der Waals surface area (Å²) in [5.41, 5.74) is 6.31. The molecule has 0 atom stereocenters. The van der Waals surface area contributed by atoms with Gasteiger partial charge in [0.1, 0.15) is 5.76 Å². The van der Waals surface area contributed by atoms with Crippen LogP contribution in [0, 0.1) is 30.7 Å². The average molecular weight is 891 g/mol. The molecule has 2 aromatic carbocycles. The van der Waals surface area contributed by atoms with Crippen LogP contribution in [0.2, 0.25) is 0 Å². The second kappa shape index (κ2) is 16.4. The maximum atomic E-state index is 12.2. The summed E-state index contributed by atoms with van der Waals surface area (Å²) in [4.78, 5) is 19.2. The molecule has 0 saturated heterocycles. The van der Waals surface area contributed by atoms with Crippen LogP contribution in [0.4, 0.5) is 0 Å². The quantitative estimate of drug-likeness (QED) is 0.0671. The van der Waals surface area contributed by atoms with E-state index in [1.54, 1.807) is 11.3 Å². The second-order valence-electron chi connectivity index (χ2n) is 14.5. The Bertz CT molecular complexity index is 1950. The van der Waals surface area contributed by atoms with Crippen molar-refractivity contribution in [2.75, 3.05) is 0 Å². The van der Waals surface area contributed by atoms with Gasteiger partial charge < -0.3 is 5.11 Å². The molecule has 0 fully saturated rings. The van der Waals surface area contributed by atoms with Gasteiger partial charge in [0.2, 0.25) is 0 Å². The van der Waals surface area contributed by atoms with Crippen LogP contribution < -0.4 is 0 Å². The Morgan fingerprint density at radius 3 is 2.16 bits per heavy atom. The fourth-order valence-corrected chi connectivity index (χ4v) is 8.28. The molecule has 0 aliphatic carbocycles. The van der Waals surface area contributed by atoms with Gasteiger partial charge in [-0.25, -0.2) is 0 Å². The van der Waals surface area contributed by atoms with E-state index in [0.717, 1.165) is 52.8 Å². The monoisotopic (exact) mass is 891 g/mol. The number of hydrogen-bond acceptors (Lipinski definition) is 6. The molecule has 49 heavy (non-hydrogen) atoms. The molecule has 0 aliphatic rings. The Labute approximate surface area is 321 Å². The number of pyridine rings is 1. The van der Waals surface area contributed by atoms with Crippen molar-refractivity contribution in [2.24, 2.45) is 10.8 Å².